The summed E-state index contributed by atoms with van der Waals surface area (Å²) in [6.07, 6.45) is 3.40. The molecule has 0 aliphatic heterocycles. The Morgan fingerprint density at radius 2 is 1.73 bits per heavy atom. The van der Waals surface area contributed by atoms with Crippen LogP contribution in [0.2, 0.25) is 0 Å². The highest BCUT2D eigenvalue weighted by Crippen LogP contribution is 2.36. The third kappa shape index (κ3) is 5.46. The average molecular weight is 441 g/mol. The van der Waals surface area contributed by atoms with Crippen LogP contribution >= 0.6 is 0 Å². The fraction of sp³-hybridized carbons (Fsp3) is 0.276. The van der Waals surface area contributed by atoms with E-state index in [0.717, 1.165) is 34.6 Å². The van der Waals surface area contributed by atoms with Crippen molar-refractivity contribution in [2.45, 2.75) is 39.5 Å². The van der Waals surface area contributed by atoms with Gasteiger partial charge in [0.1, 0.15) is 11.5 Å². The van der Waals surface area contributed by atoms with E-state index >= 15 is 0 Å². The lowest BCUT2D eigenvalue weighted by molar-refractivity contribution is -0.121. The number of rotatable bonds is 9. The van der Waals surface area contributed by atoms with Crippen molar-refractivity contribution in [1.29, 1.82) is 0 Å². The molecule has 4 heteroatoms. The van der Waals surface area contributed by atoms with E-state index in [1.165, 1.54) is 10.9 Å². The van der Waals surface area contributed by atoms with Crippen LogP contribution in [0.25, 0.3) is 10.9 Å². The van der Waals surface area contributed by atoms with Crippen molar-refractivity contribution in [1.82, 2.24) is 10.3 Å². The number of para-hydroxylation sites is 2. The maximum Gasteiger partial charge on any atom is 0.220 e. The van der Waals surface area contributed by atoms with Crippen LogP contribution in [0.4, 0.5) is 0 Å². The summed E-state index contributed by atoms with van der Waals surface area (Å²) < 4.78 is 6.09. The molecule has 3 aromatic carbocycles. The van der Waals surface area contributed by atoms with Crippen molar-refractivity contribution >= 4 is 16.8 Å². The van der Waals surface area contributed by atoms with Crippen LogP contribution < -0.4 is 10.1 Å². The van der Waals surface area contributed by atoms with Crippen LogP contribution in [0.5, 0.6) is 11.5 Å². The number of fused-ring (bicyclic) bond motifs is 1. The number of benzene rings is 3. The van der Waals surface area contributed by atoms with E-state index in [9.17, 15) is 4.79 Å². The Kier molecular flexibility index (Phi) is 7.13. The molecule has 0 spiro atoms. The smallest absolute Gasteiger partial charge is 0.220 e. The van der Waals surface area contributed by atoms with E-state index < -0.39 is 0 Å². The Bertz CT molecular complexity index is 1210. The zero-order chi connectivity index (χ0) is 23.2. The van der Waals surface area contributed by atoms with Gasteiger partial charge in [0.2, 0.25) is 5.91 Å². The van der Waals surface area contributed by atoms with E-state index in [1.807, 2.05) is 42.5 Å². The van der Waals surface area contributed by atoms with E-state index in [4.69, 9.17) is 4.74 Å². The van der Waals surface area contributed by atoms with E-state index in [2.05, 4.69) is 67.6 Å². The molecular formula is C29H32N2O2. The summed E-state index contributed by atoms with van der Waals surface area (Å²) in [4.78, 5) is 16.4. The van der Waals surface area contributed by atoms with E-state index in [1.54, 1.807) is 0 Å². The first kappa shape index (κ1) is 22.7. The van der Waals surface area contributed by atoms with Crippen LogP contribution in [0, 0.1) is 5.92 Å². The molecule has 0 fully saturated rings. The molecule has 1 heterocycles. The Labute approximate surface area is 196 Å². The molecule has 170 valence electrons. The second kappa shape index (κ2) is 10.4. The lowest BCUT2D eigenvalue weighted by atomic mass is 9.87. The van der Waals surface area contributed by atoms with E-state index in [-0.39, 0.29) is 11.8 Å². The number of ether oxygens (including phenoxy) is 1. The van der Waals surface area contributed by atoms with Crippen LogP contribution in [-0.4, -0.2) is 17.4 Å². The number of carbonyl (C=O) groups is 1. The summed E-state index contributed by atoms with van der Waals surface area (Å²) in [5.41, 5.74) is 4.63. The standard InChI is InChI=1S/C29H32N2O2/c1-4-21-10-9-15-25-27(19-31-29(21)25)26(17-28(32)30-18-20(2)3)22-11-8-14-24(16-22)33-23-12-6-5-7-13-23/h5-16,19-20,26,31H,4,17-18H2,1-3H3,(H,30,32)/t26-/m1/s1. The molecule has 0 radical (unpaired) electrons. The minimum atomic E-state index is -0.0858. The molecule has 0 bridgehead atoms. The number of hydrogen-bond acceptors (Lipinski definition) is 2. The fourth-order valence-electron chi connectivity index (χ4n) is 4.22. The first-order valence-corrected chi connectivity index (χ1v) is 11.7. The van der Waals surface area contributed by atoms with Crippen LogP contribution in [-0.2, 0) is 11.2 Å². The monoisotopic (exact) mass is 440 g/mol. The summed E-state index contributed by atoms with van der Waals surface area (Å²) in [6, 6.07) is 24.2. The van der Waals surface area contributed by atoms with Crippen molar-refractivity contribution in [3.63, 3.8) is 0 Å². The largest absolute Gasteiger partial charge is 0.457 e. The first-order chi connectivity index (χ1) is 16.0. The molecule has 0 aliphatic carbocycles. The molecule has 4 nitrogen and oxygen atoms in total. The number of aryl methyl sites for hydroxylation is 1. The number of carbonyl (C=O) groups excluding carboxylic acids is 1. The number of amides is 1. The highest BCUT2D eigenvalue weighted by atomic mass is 16.5. The third-order valence-electron chi connectivity index (χ3n) is 5.93. The highest BCUT2D eigenvalue weighted by Gasteiger charge is 2.22. The molecule has 0 saturated carbocycles. The highest BCUT2D eigenvalue weighted by molar-refractivity contribution is 5.88. The van der Waals surface area contributed by atoms with Crippen molar-refractivity contribution in [2.75, 3.05) is 6.54 Å². The summed E-state index contributed by atoms with van der Waals surface area (Å²) in [6.45, 7) is 7.05. The van der Waals surface area contributed by atoms with Gasteiger partial charge in [-0.3, -0.25) is 4.79 Å². The van der Waals surface area contributed by atoms with Gasteiger partial charge in [0.15, 0.2) is 0 Å². The first-order valence-electron chi connectivity index (χ1n) is 11.7. The van der Waals surface area contributed by atoms with Crippen LogP contribution in [0.15, 0.2) is 79.0 Å². The summed E-state index contributed by atoms with van der Waals surface area (Å²) in [5.74, 6) is 1.94. The molecule has 1 amide bonds. The van der Waals surface area contributed by atoms with Gasteiger partial charge in [0.05, 0.1) is 0 Å². The number of aromatic amines is 1. The SMILES string of the molecule is CCc1cccc2c([C@H](CC(=O)NCC(C)C)c3cccc(Oc4ccccc4)c3)c[nH]c12. The normalized spacial score (nSPS) is 12.1. The van der Waals surface area contributed by atoms with Gasteiger partial charge in [0.25, 0.3) is 0 Å². The maximum atomic E-state index is 12.9. The van der Waals surface area contributed by atoms with Crippen molar-refractivity contribution < 1.29 is 9.53 Å². The quantitative estimate of drug-likeness (QED) is 0.300. The molecule has 33 heavy (non-hydrogen) atoms. The van der Waals surface area contributed by atoms with Crippen molar-refractivity contribution in [2.24, 2.45) is 5.92 Å². The summed E-state index contributed by atoms with van der Waals surface area (Å²) in [7, 11) is 0. The second-order valence-corrected chi connectivity index (χ2v) is 8.88. The Hall–Kier alpha value is -3.53. The molecule has 4 aromatic rings. The molecule has 1 atom stereocenters. The topological polar surface area (TPSA) is 54.1 Å². The third-order valence-corrected chi connectivity index (χ3v) is 5.93. The number of aromatic nitrogens is 1. The van der Waals surface area contributed by atoms with Crippen LogP contribution in [0.1, 0.15) is 49.8 Å². The van der Waals surface area contributed by atoms with Gasteiger partial charge < -0.3 is 15.0 Å². The molecule has 2 N–H and O–H groups in total. The number of H-pyrrole nitrogens is 1. The maximum absolute atomic E-state index is 12.9. The lowest BCUT2D eigenvalue weighted by Gasteiger charge is -2.19. The number of nitrogens with one attached hydrogen (secondary N) is 2. The fourth-order valence-corrected chi connectivity index (χ4v) is 4.22. The Balaban J connectivity index is 1.71. The molecule has 4 rings (SSSR count). The van der Waals surface area contributed by atoms with Gasteiger partial charge in [-0.25, -0.2) is 0 Å². The lowest BCUT2D eigenvalue weighted by Crippen LogP contribution is -2.28. The van der Waals surface area contributed by atoms with Gasteiger partial charge in [0, 0.05) is 36.0 Å². The van der Waals surface area contributed by atoms with Crippen LogP contribution in [0.3, 0.4) is 0 Å². The Morgan fingerprint density at radius 3 is 2.48 bits per heavy atom. The minimum Gasteiger partial charge on any atom is -0.457 e. The van der Waals surface area contributed by atoms with Crippen molar-refractivity contribution in [3.05, 3.63) is 95.7 Å². The second-order valence-electron chi connectivity index (χ2n) is 8.88. The molecule has 0 unspecified atom stereocenters. The molecule has 0 aliphatic rings. The summed E-state index contributed by atoms with van der Waals surface area (Å²) >= 11 is 0. The van der Waals surface area contributed by atoms with Gasteiger partial charge >= 0.3 is 0 Å². The van der Waals surface area contributed by atoms with Gasteiger partial charge in [-0.05, 0) is 53.3 Å². The van der Waals surface area contributed by atoms with Crippen molar-refractivity contribution in [3.8, 4) is 11.5 Å². The van der Waals surface area contributed by atoms with E-state index in [0.29, 0.717) is 18.9 Å². The Morgan fingerprint density at radius 1 is 0.970 bits per heavy atom. The predicted octanol–water partition coefficient (Wildman–Crippen LogP) is 6.82. The number of hydrogen-bond donors (Lipinski definition) is 2. The van der Waals surface area contributed by atoms with Gasteiger partial charge in [-0.15, -0.1) is 0 Å². The predicted molar refractivity (Wildman–Crippen MR) is 135 cm³/mol. The minimum absolute atomic E-state index is 0.0593. The summed E-state index contributed by atoms with van der Waals surface area (Å²) in [5, 5.41) is 4.26. The zero-order valence-electron chi connectivity index (χ0n) is 19.6. The molecule has 1 aromatic heterocycles. The van der Waals surface area contributed by atoms with Gasteiger partial charge in [-0.1, -0.05) is 69.3 Å². The average Bonchev–Trinajstić information content (AvgIpc) is 3.26. The van der Waals surface area contributed by atoms with Gasteiger partial charge in [-0.2, -0.15) is 0 Å². The molecule has 0 saturated heterocycles. The molecular weight excluding hydrogens is 408 g/mol. The zero-order valence-corrected chi connectivity index (χ0v) is 19.6.